The Bertz CT molecular complexity index is 1390. The van der Waals surface area contributed by atoms with Gasteiger partial charge < -0.3 is 10.3 Å². The zero-order valence-corrected chi connectivity index (χ0v) is 15.4. The Hall–Kier alpha value is -4.53. The fourth-order valence-corrected chi connectivity index (χ4v) is 3.08. The Labute approximate surface area is 171 Å². The van der Waals surface area contributed by atoms with Crippen molar-refractivity contribution in [3.63, 3.8) is 0 Å². The van der Waals surface area contributed by atoms with Crippen LogP contribution in [0.1, 0.15) is 11.1 Å². The highest BCUT2D eigenvalue weighted by Gasteiger charge is 2.21. The molecule has 0 fully saturated rings. The number of imidazole rings is 1. The number of hydrogen-bond acceptors (Lipinski definition) is 7. The van der Waals surface area contributed by atoms with Crippen LogP contribution in [0.2, 0.25) is 0 Å². The van der Waals surface area contributed by atoms with Crippen molar-refractivity contribution in [2.24, 2.45) is 0 Å². The molecule has 154 valence electrons. The van der Waals surface area contributed by atoms with Crippen LogP contribution in [-0.4, -0.2) is 24.4 Å². The van der Waals surface area contributed by atoms with Crippen molar-refractivity contribution >= 4 is 22.8 Å². The Morgan fingerprint density at radius 2 is 1.90 bits per heavy atom. The van der Waals surface area contributed by atoms with Crippen LogP contribution in [0.3, 0.4) is 0 Å². The Morgan fingerprint density at radius 3 is 2.55 bits per heavy atom. The maximum Gasteiger partial charge on any atom is 0.275 e. The van der Waals surface area contributed by atoms with Gasteiger partial charge in [-0.1, -0.05) is 6.07 Å². The molecule has 0 saturated heterocycles. The molecule has 2 aromatic carbocycles. The number of hydrogen-bond donors (Lipinski definition) is 1. The molecule has 0 atom stereocenters. The number of fused-ring (bicyclic) bond motifs is 1. The van der Waals surface area contributed by atoms with Crippen LogP contribution in [0.5, 0.6) is 0 Å². The number of aromatic nitrogens is 4. The van der Waals surface area contributed by atoms with Crippen LogP contribution in [-0.2, 0) is 6.54 Å². The van der Waals surface area contributed by atoms with Crippen LogP contribution >= 0.6 is 0 Å². The number of rotatable bonds is 4. The van der Waals surface area contributed by atoms with Gasteiger partial charge in [-0.15, -0.1) is 0 Å². The standard InChI is InChI=1S/C19H10F3N7O2/c20-13-4-10(29(30)31)5-14(21)12(13)7-28-8-25-17-16(26-19(24)27-18(17)28)11-3-1-2-9(6-23)15(11)22/h1-5,8H,7H2,(H2,24,26,27). The molecule has 2 aromatic heterocycles. The largest absolute Gasteiger partial charge is 0.368 e. The summed E-state index contributed by atoms with van der Waals surface area (Å²) in [5.74, 6) is -3.32. The molecule has 4 aromatic rings. The predicted molar refractivity (Wildman–Crippen MR) is 102 cm³/mol. The van der Waals surface area contributed by atoms with E-state index in [1.54, 1.807) is 6.07 Å². The van der Waals surface area contributed by atoms with Gasteiger partial charge in [-0.3, -0.25) is 10.1 Å². The highest BCUT2D eigenvalue weighted by molar-refractivity contribution is 5.88. The first-order valence-corrected chi connectivity index (χ1v) is 8.59. The van der Waals surface area contributed by atoms with Crippen molar-refractivity contribution in [2.45, 2.75) is 6.54 Å². The van der Waals surface area contributed by atoms with Crippen LogP contribution in [0.4, 0.5) is 24.8 Å². The summed E-state index contributed by atoms with van der Waals surface area (Å²) in [4.78, 5) is 22.0. The quantitative estimate of drug-likeness (QED) is 0.391. The second-order valence-corrected chi connectivity index (χ2v) is 6.40. The smallest absolute Gasteiger partial charge is 0.275 e. The average molecular weight is 425 g/mol. The van der Waals surface area contributed by atoms with Crippen molar-refractivity contribution < 1.29 is 18.1 Å². The average Bonchev–Trinajstić information content (AvgIpc) is 3.12. The summed E-state index contributed by atoms with van der Waals surface area (Å²) in [6.07, 6.45) is 1.20. The summed E-state index contributed by atoms with van der Waals surface area (Å²) in [6, 6.07) is 7.07. The molecule has 0 unspecified atom stereocenters. The minimum absolute atomic E-state index is 0.000457. The fraction of sp³-hybridized carbons (Fsp3) is 0.0526. The maximum atomic E-state index is 14.7. The van der Waals surface area contributed by atoms with Crippen LogP contribution in [0, 0.1) is 38.9 Å². The van der Waals surface area contributed by atoms with E-state index in [1.165, 1.54) is 29.1 Å². The Kier molecular flexibility index (Phi) is 4.70. The zero-order chi connectivity index (χ0) is 22.3. The summed E-state index contributed by atoms with van der Waals surface area (Å²) < 4.78 is 44.5. The van der Waals surface area contributed by atoms with E-state index in [2.05, 4.69) is 15.0 Å². The maximum absolute atomic E-state index is 14.7. The molecule has 0 aliphatic heterocycles. The van der Waals surface area contributed by atoms with E-state index in [0.717, 1.165) is 0 Å². The van der Waals surface area contributed by atoms with Gasteiger partial charge in [0.05, 0.1) is 35.5 Å². The lowest BCUT2D eigenvalue weighted by molar-refractivity contribution is -0.385. The van der Waals surface area contributed by atoms with E-state index in [0.29, 0.717) is 12.1 Å². The van der Waals surface area contributed by atoms with Crippen molar-refractivity contribution in [3.05, 3.63) is 75.4 Å². The summed E-state index contributed by atoms with van der Waals surface area (Å²) in [6.45, 7) is -0.414. The number of anilines is 1. The molecule has 2 N–H and O–H groups in total. The second kappa shape index (κ2) is 7.38. The Morgan fingerprint density at radius 1 is 1.19 bits per heavy atom. The lowest BCUT2D eigenvalue weighted by atomic mass is 10.1. The first kappa shape index (κ1) is 19.8. The van der Waals surface area contributed by atoms with Crippen LogP contribution < -0.4 is 5.73 Å². The first-order valence-electron chi connectivity index (χ1n) is 8.59. The number of nitro benzene ring substituents is 1. The molecule has 12 heteroatoms. The van der Waals surface area contributed by atoms with Gasteiger partial charge in [-0.2, -0.15) is 10.2 Å². The molecule has 4 rings (SSSR count). The van der Waals surface area contributed by atoms with Crippen molar-refractivity contribution in [2.75, 3.05) is 5.73 Å². The Balaban J connectivity index is 1.85. The van der Waals surface area contributed by atoms with Gasteiger partial charge in [0.15, 0.2) is 5.65 Å². The molecule has 9 nitrogen and oxygen atoms in total. The molecule has 2 heterocycles. The summed E-state index contributed by atoms with van der Waals surface area (Å²) >= 11 is 0. The van der Waals surface area contributed by atoms with Gasteiger partial charge in [0.1, 0.15) is 34.7 Å². The molecule has 0 saturated carbocycles. The molecule has 31 heavy (non-hydrogen) atoms. The van der Waals surface area contributed by atoms with Crippen molar-refractivity contribution in [1.82, 2.24) is 19.5 Å². The van der Waals surface area contributed by atoms with E-state index in [1.807, 2.05) is 0 Å². The molecular formula is C19H10F3N7O2. The zero-order valence-electron chi connectivity index (χ0n) is 15.4. The fourth-order valence-electron chi connectivity index (χ4n) is 3.08. The van der Waals surface area contributed by atoms with E-state index >= 15 is 0 Å². The number of nitro groups is 1. The first-order chi connectivity index (χ1) is 14.8. The minimum atomic E-state index is -1.12. The number of nitrogens with zero attached hydrogens (tertiary/aromatic N) is 6. The number of nitrogen functional groups attached to an aromatic ring is 1. The van der Waals surface area contributed by atoms with Crippen LogP contribution in [0.15, 0.2) is 36.7 Å². The number of nitriles is 1. The lowest BCUT2D eigenvalue weighted by Gasteiger charge is -2.09. The van der Waals surface area contributed by atoms with E-state index in [9.17, 15) is 23.3 Å². The van der Waals surface area contributed by atoms with Gasteiger partial charge in [-0.25, -0.2) is 23.1 Å². The highest BCUT2D eigenvalue weighted by Crippen LogP contribution is 2.30. The predicted octanol–water partition coefficient (Wildman–Crippen LogP) is 3.32. The monoisotopic (exact) mass is 425 g/mol. The second-order valence-electron chi connectivity index (χ2n) is 6.40. The third kappa shape index (κ3) is 3.38. The molecule has 0 aliphatic rings. The number of nitrogens with two attached hydrogens (primary N) is 1. The highest BCUT2D eigenvalue weighted by atomic mass is 19.1. The van der Waals surface area contributed by atoms with Gasteiger partial charge in [-0.05, 0) is 12.1 Å². The molecule has 0 aliphatic carbocycles. The molecule has 0 spiro atoms. The minimum Gasteiger partial charge on any atom is -0.368 e. The van der Waals surface area contributed by atoms with Crippen LogP contribution in [0.25, 0.3) is 22.4 Å². The summed E-state index contributed by atoms with van der Waals surface area (Å²) in [5.41, 5.74) is 4.45. The normalized spacial score (nSPS) is 10.9. The molecular weight excluding hydrogens is 415 g/mol. The van der Waals surface area contributed by atoms with Gasteiger partial charge in [0.25, 0.3) is 5.69 Å². The third-order valence-corrected chi connectivity index (χ3v) is 4.52. The van der Waals surface area contributed by atoms with Crippen molar-refractivity contribution in [3.8, 4) is 17.3 Å². The number of non-ortho nitro benzene ring substituents is 1. The number of benzene rings is 2. The lowest BCUT2D eigenvalue weighted by Crippen LogP contribution is -2.07. The topological polar surface area (TPSA) is 137 Å². The third-order valence-electron chi connectivity index (χ3n) is 4.52. The van der Waals surface area contributed by atoms with Gasteiger partial charge in [0.2, 0.25) is 5.95 Å². The van der Waals surface area contributed by atoms with E-state index < -0.39 is 40.2 Å². The molecule has 0 radical (unpaired) electrons. The van der Waals surface area contributed by atoms with E-state index in [-0.39, 0.29) is 33.9 Å². The SMILES string of the molecule is N#Cc1cccc(-c2nc(N)nc3c2ncn3Cc2c(F)cc([N+](=O)[O-])cc2F)c1F. The van der Waals surface area contributed by atoms with Gasteiger partial charge >= 0.3 is 0 Å². The summed E-state index contributed by atoms with van der Waals surface area (Å²) in [7, 11) is 0. The van der Waals surface area contributed by atoms with Gasteiger partial charge in [0, 0.05) is 11.1 Å². The molecule has 0 amide bonds. The van der Waals surface area contributed by atoms with Crippen molar-refractivity contribution in [1.29, 1.82) is 5.26 Å². The van der Waals surface area contributed by atoms with E-state index in [4.69, 9.17) is 11.0 Å². The molecule has 0 bridgehead atoms. The summed E-state index contributed by atoms with van der Waals surface area (Å²) in [5, 5.41) is 19.8. The number of halogens is 3.